The number of nitrogens with zero attached hydrogens (tertiary/aromatic N) is 3. The van der Waals surface area contributed by atoms with Gasteiger partial charge in [-0.2, -0.15) is 0 Å². The highest BCUT2D eigenvalue weighted by Crippen LogP contribution is 2.32. The number of fused-ring (bicyclic) bond motifs is 1. The van der Waals surface area contributed by atoms with Crippen LogP contribution in [0.2, 0.25) is 0 Å². The molecule has 0 radical (unpaired) electrons. The molecular weight excluding hydrogens is 260 g/mol. The zero-order valence-corrected chi connectivity index (χ0v) is 11.6. The van der Waals surface area contributed by atoms with Gasteiger partial charge in [0.2, 0.25) is 5.91 Å². The van der Waals surface area contributed by atoms with Crippen molar-refractivity contribution >= 4 is 33.3 Å². The van der Waals surface area contributed by atoms with E-state index in [2.05, 4.69) is 27.9 Å². The lowest BCUT2D eigenvalue weighted by Crippen LogP contribution is -2.27. The van der Waals surface area contributed by atoms with Crippen LogP contribution in [0.15, 0.2) is 12.4 Å². The van der Waals surface area contributed by atoms with E-state index in [1.54, 1.807) is 17.7 Å². The molecular formula is C13H16N4OS. The van der Waals surface area contributed by atoms with Gasteiger partial charge in [0.25, 0.3) is 0 Å². The standard InChI is InChI=1S/C13H16N4OS/c1-2-9-5-10-12(15-7-16-13(10)19-9)17-4-3-8(6-17)11(14)18/h5,7-8H,2-4,6H2,1H3,(H2,14,18). The van der Waals surface area contributed by atoms with E-state index in [0.29, 0.717) is 6.54 Å². The second-order valence-electron chi connectivity index (χ2n) is 4.82. The lowest BCUT2D eigenvalue weighted by Gasteiger charge is -2.17. The molecule has 1 fully saturated rings. The van der Waals surface area contributed by atoms with Crippen molar-refractivity contribution in [3.05, 3.63) is 17.3 Å². The normalized spacial score (nSPS) is 19.2. The molecule has 1 aliphatic heterocycles. The van der Waals surface area contributed by atoms with Crippen molar-refractivity contribution in [3.63, 3.8) is 0 Å². The van der Waals surface area contributed by atoms with E-state index in [0.717, 1.165) is 35.4 Å². The van der Waals surface area contributed by atoms with E-state index >= 15 is 0 Å². The van der Waals surface area contributed by atoms with Crippen LogP contribution in [0.1, 0.15) is 18.2 Å². The number of thiophene rings is 1. The predicted octanol–water partition coefficient (Wildman–Crippen LogP) is 1.57. The highest BCUT2D eigenvalue weighted by Gasteiger charge is 2.28. The van der Waals surface area contributed by atoms with Gasteiger partial charge in [0, 0.05) is 18.0 Å². The summed E-state index contributed by atoms with van der Waals surface area (Å²) in [6.07, 6.45) is 3.42. The molecule has 2 N–H and O–H groups in total. The maximum absolute atomic E-state index is 11.3. The Hall–Kier alpha value is -1.69. The third kappa shape index (κ3) is 2.16. The smallest absolute Gasteiger partial charge is 0.222 e. The first kappa shape index (κ1) is 12.3. The minimum atomic E-state index is -0.215. The quantitative estimate of drug-likeness (QED) is 0.923. The summed E-state index contributed by atoms with van der Waals surface area (Å²) in [5, 5.41) is 1.09. The first-order valence-electron chi connectivity index (χ1n) is 6.46. The van der Waals surface area contributed by atoms with Crippen LogP contribution in [0.3, 0.4) is 0 Å². The summed E-state index contributed by atoms with van der Waals surface area (Å²) in [7, 11) is 0. The third-order valence-electron chi connectivity index (χ3n) is 3.60. The number of carbonyl (C=O) groups excluding carboxylic acids is 1. The Labute approximate surface area is 115 Å². The fourth-order valence-electron chi connectivity index (χ4n) is 2.50. The fraction of sp³-hybridized carbons (Fsp3) is 0.462. The van der Waals surface area contributed by atoms with Crippen molar-refractivity contribution in [2.75, 3.05) is 18.0 Å². The first-order chi connectivity index (χ1) is 9.19. The van der Waals surface area contributed by atoms with E-state index in [-0.39, 0.29) is 11.8 Å². The van der Waals surface area contributed by atoms with Gasteiger partial charge in [-0.15, -0.1) is 11.3 Å². The third-order valence-corrected chi connectivity index (χ3v) is 4.79. The number of hydrogen-bond acceptors (Lipinski definition) is 5. The van der Waals surface area contributed by atoms with Gasteiger partial charge in [0.15, 0.2) is 0 Å². The van der Waals surface area contributed by atoms with Crippen molar-refractivity contribution in [1.82, 2.24) is 9.97 Å². The Balaban J connectivity index is 1.97. The van der Waals surface area contributed by atoms with Crippen molar-refractivity contribution in [2.24, 2.45) is 11.7 Å². The summed E-state index contributed by atoms with van der Waals surface area (Å²) in [5.74, 6) is 0.659. The Morgan fingerprint density at radius 1 is 1.58 bits per heavy atom. The van der Waals surface area contributed by atoms with Crippen LogP contribution >= 0.6 is 11.3 Å². The average molecular weight is 276 g/mol. The van der Waals surface area contributed by atoms with Crippen LogP contribution in [0, 0.1) is 5.92 Å². The van der Waals surface area contributed by atoms with Crippen LogP contribution < -0.4 is 10.6 Å². The molecule has 0 aliphatic carbocycles. The number of anilines is 1. The molecule has 0 aromatic carbocycles. The van der Waals surface area contributed by atoms with Gasteiger partial charge < -0.3 is 10.6 Å². The van der Waals surface area contributed by atoms with Gasteiger partial charge in [-0.25, -0.2) is 9.97 Å². The van der Waals surface area contributed by atoms with Gasteiger partial charge in [-0.05, 0) is 18.9 Å². The molecule has 6 heteroatoms. The number of aryl methyl sites for hydroxylation is 1. The van der Waals surface area contributed by atoms with E-state index in [1.807, 2.05) is 0 Å². The molecule has 1 amide bonds. The molecule has 1 unspecified atom stereocenters. The van der Waals surface area contributed by atoms with E-state index in [1.165, 1.54) is 4.88 Å². The Bertz CT molecular complexity index is 624. The molecule has 1 atom stereocenters. The summed E-state index contributed by atoms with van der Waals surface area (Å²) in [4.78, 5) is 24.5. The van der Waals surface area contributed by atoms with Crippen molar-refractivity contribution in [1.29, 1.82) is 0 Å². The molecule has 5 nitrogen and oxygen atoms in total. The molecule has 3 rings (SSSR count). The van der Waals surface area contributed by atoms with Crippen molar-refractivity contribution < 1.29 is 4.79 Å². The molecule has 3 heterocycles. The number of rotatable bonds is 3. The Morgan fingerprint density at radius 2 is 2.42 bits per heavy atom. The number of carbonyl (C=O) groups is 1. The second-order valence-corrected chi connectivity index (χ2v) is 5.93. The largest absolute Gasteiger partial charge is 0.369 e. The van der Waals surface area contributed by atoms with Gasteiger partial charge in [-0.1, -0.05) is 6.92 Å². The maximum atomic E-state index is 11.3. The molecule has 19 heavy (non-hydrogen) atoms. The maximum Gasteiger partial charge on any atom is 0.222 e. The second kappa shape index (κ2) is 4.77. The minimum Gasteiger partial charge on any atom is -0.369 e. The SMILES string of the molecule is CCc1cc2c(N3CCC(C(N)=O)C3)ncnc2s1. The number of amides is 1. The van der Waals surface area contributed by atoms with E-state index in [4.69, 9.17) is 5.73 Å². The zero-order chi connectivity index (χ0) is 13.4. The molecule has 1 saturated heterocycles. The van der Waals surface area contributed by atoms with Crippen LogP contribution in [0.25, 0.3) is 10.2 Å². The summed E-state index contributed by atoms with van der Waals surface area (Å²) < 4.78 is 0. The van der Waals surface area contributed by atoms with E-state index < -0.39 is 0 Å². The summed E-state index contributed by atoms with van der Waals surface area (Å²) in [6.45, 7) is 3.63. The van der Waals surface area contributed by atoms with E-state index in [9.17, 15) is 4.79 Å². The fourth-order valence-corrected chi connectivity index (χ4v) is 3.43. The number of primary amides is 1. The zero-order valence-electron chi connectivity index (χ0n) is 10.8. The van der Waals surface area contributed by atoms with Gasteiger partial charge in [0.05, 0.1) is 11.3 Å². The van der Waals surface area contributed by atoms with Crippen LogP contribution in [-0.2, 0) is 11.2 Å². The van der Waals surface area contributed by atoms with Crippen LogP contribution in [-0.4, -0.2) is 29.0 Å². The van der Waals surface area contributed by atoms with Crippen molar-refractivity contribution in [2.45, 2.75) is 19.8 Å². The molecule has 2 aromatic rings. The topological polar surface area (TPSA) is 72.1 Å². The van der Waals surface area contributed by atoms with Crippen molar-refractivity contribution in [3.8, 4) is 0 Å². The van der Waals surface area contributed by atoms with Gasteiger partial charge in [-0.3, -0.25) is 4.79 Å². The van der Waals surface area contributed by atoms with Crippen LogP contribution in [0.4, 0.5) is 5.82 Å². The first-order valence-corrected chi connectivity index (χ1v) is 7.28. The minimum absolute atomic E-state index is 0.0608. The highest BCUT2D eigenvalue weighted by atomic mass is 32.1. The highest BCUT2D eigenvalue weighted by molar-refractivity contribution is 7.18. The molecule has 2 aromatic heterocycles. The molecule has 1 aliphatic rings. The Morgan fingerprint density at radius 3 is 3.11 bits per heavy atom. The monoisotopic (exact) mass is 276 g/mol. The summed E-state index contributed by atoms with van der Waals surface area (Å²) >= 11 is 1.71. The number of nitrogens with two attached hydrogens (primary N) is 1. The molecule has 100 valence electrons. The summed E-state index contributed by atoms with van der Waals surface area (Å²) in [6, 6.07) is 2.16. The number of hydrogen-bond donors (Lipinski definition) is 1. The molecule has 0 bridgehead atoms. The molecule has 0 saturated carbocycles. The lowest BCUT2D eigenvalue weighted by atomic mass is 10.1. The van der Waals surface area contributed by atoms with Gasteiger partial charge >= 0.3 is 0 Å². The van der Waals surface area contributed by atoms with Crippen LogP contribution in [0.5, 0.6) is 0 Å². The van der Waals surface area contributed by atoms with Gasteiger partial charge in [0.1, 0.15) is 17.0 Å². The lowest BCUT2D eigenvalue weighted by molar-refractivity contribution is -0.121. The predicted molar refractivity (Wildman–Crippen MR) is 76.3 cm³/mol. The Kier molecular flexibility index (Phi) is 3.10. The summed E-state index contributed by atoms with van der Waals surface area (Å²) in [5.41, 5.74) is 5.38. The molecule has 0 spiro atoms. The average Bonchev–Trinajstić information content (AvgIpc) is 3.04. The number of aromatic nitrogens is 2.